The van der Waals surface area contributed by atoms with E-state index < -0.39 is 41.7 Å². The molecule has 0 bridgehead atoms. The standard InChI is InChI=1S/C24H22F6N2O3/c25-23(26,27)17-9-15(10-18(11-17)24(28,29)30)13-35-14-22(16-5-2-1-3-6-16)12-19(21(34)31-22)32-8-4-7-20(32)33/h1-3,5-6,9-11,19H,4,7-8,12-14H2,(H,31,34)/t19-,22-/m1/s1. The molecule has 2 atom stereocenters. The lowest BCUT2D eigenvalue weighted by Gasteiger charge is -2.30. The Hall–Kier alpha value is -3.08. The maximum absolute atomic E-state index is 13.2. The Morgan fingerprint density at radius 3 is 2.14 bits per heavy atom. The van der Waals surface area contributed by atoms with Crippen LogP contribution in [-0.2, 0) is 38.8 Å². The second kappa shape index (κ2) is 9.18. The van der Waals surface area contributed by atoms with Crippen LogP contribution in [0.1, 0.15) is 41.5 Å². The van der Waals surface area contributed by atoms with Crippen molar-refractivity contribution in [3.63, 3.8) is 0 Å². The predicted octanol–water partition coefficient (Wildman–Crippen LogP) is 4.65. The van der Waals surface area contributed by atoms with Gasteiger partial charge in [0.25, 0.3) is 0 Å². The summed E-state index contributed by atoms with van der Waals surface area (Å²) in [4.78, 5) is 26.5. The second-order valence-corrected chi connectivity index (χ2v) is 8.75. The third-order valence-corrected chi connectivity index (χ3v) is 6.28. The minimum absolute atomic E-state index is 0.0593. The lowest BCUT2D eigenvalue weighted by Crippen LogP contribution is -2.43. The lowest BCUT2D eigenvalue weighted by atomic mass is 9.88. The van der Waals surface area contributed by atoms with Crippen LogP contribution in [0.2, 0.25) is 0 Å². The maximum Gasteiger partial charge on any atom is 0.416 e. The number of carbonyl (C=O) groups is 2. The molecule has 2 aliphatic heterocycles. The Bertz CT molecular complexity index is 1070. The largest absolute Gasteiger partial charge is 0.416 e. The molecule has 0 spiro atoms. The molecule has 0 saturated carbocycles. The molecule has 0 aliphatic carbocycles. The summed E-state index contributed by atoms with van der Waals surface area (Å²) in [5, 5.41) is 2.87. The van der Waals surface area contributed by atoms with E-state index >= 15 is 0 Å². The summed E-state index contributed by atoms with van der Waals surface area (Å²) in [6.45, 7) is -0.309. The average Bonchev–Trinajstić information content (AvgIpc) is 3.36. The normalized spacial score (nSPS) is 23.1. The molecule has 2 aromatic carbocycles. The number of amides is 2. The fraction of sp³-hybridized carbons (Fsp3) is 0.417. The van der Waals surface area contributed by atoms with Crippen molar-refractivity contribution in [2.45, 2.75) is 49.8 Å². The highest BCUT2D eigenvalue weighted by molar-refractivity contribution is 5.91. The van der Waals surface area contributed by atoms with Gasteiger partial charge in [-0.15, -0.1) is 0 Å². The molecular formula is C24H22F6N2O3. The van der Waals surface area contributed by atoms with Crippen molar-refractivity contribution >= 4 is 11.8 Å². The van der Waals surface area contributed by atoms with Gasteiger partial charge in [-0.25, -0.2) is 0 Å². The van der Waals surface area contributed by atoms with Crippen molar-refractivity contribution in [1.29, 1.82) is 0 Å². The first kappa shape index (κ1) is 25.0. The van der Waals surface area contributed by atoms with Gasteiger partial charge < -0.3 is 15.0 Å². The molecule has 2 heterocycles. The number of halogens is 6. The van der Waals surface area contributed by atoms with E-state index in [4.69, 9.17) is 4.74 Å². The average molecular weight is 500 g/mol. The molecule has 2 aliphatic rings. The number of ether oxygens (including phenoxy) is 1. The third-order valence-electron chi connectivity index (χ3n) is 6.28. The zero-order valence-corrected chi connectivity index (χ0v) is 18.4. The number of benzene rings is 2. The van der Waals surface area contributed by atoms with Gasteiger partial charge in [0.1, 0.15) is 6.04 Å². The van der Waals surface area contributed by atoms with Crippen LogP contribution >= 0.6 is 0 Å². The van der Waals surface area contributed by atoms with Gasteiger partial charge in [0.15, 0.2) is 0 Å². The van der Waals surface area contributed by atoms with E-state index in [1.54, 1.807) is 30.3 Å². The number of nitrogens with zero attached hydrogens (tertiary/aromatic N) is 1. The van der Waals surface area contributed by atoms with Crippen LogP contribution in [0.25, 0.3) is 0 Å². The summed E-state index contributed by atoms with van der Waals surface area (Å²) in [6, 6.07) is 9.26. The highest BCUT2D eigenvalue weighted by Gasteiger charge is 2.49. The summed E-state index contributed by atoms with van der Waals surface area (Å²) < 4.78 is 84.6. The Kier molecular flexibility index (Phi) is 6.56. The molecule has 0 unspecified atom stereocenters. The van der Waals surface area contributed by atoms with Crippen LogP contribution < -0.4 is 5.32 Å². The van der Waals surface area contributed by atoms with E-state index in [1.165, 1.54) is 4.90 Å². The molecule has 0 radical (unpaired) electrons. The van der Waals surface area contributed by atoms with Crippen LogP contribution in [0.5, 0.6) is 0 Å². The third kappa shape index (κ3) is 5.29. The van der Waals surface area contributed by atoms with Gasteiger partial charge in [0, 0.05) is 19.4 Å². The minimum Gasteiger partial charge on any atom is -0.374 e. The van der Waals surface area contributed by atoms with Crippen LogP contribution in [0.3, 0.4) is 0 Å². The molecular weight excluding hydrogens is 478 g/mol. The molecule has 35 heavy (non-hydrogen) atoms. The van der Waals surface area contributed by atoms with Crippen LogP contribution in [0.15, 0.2) is 48.5 Å². The van der Waals surface area contributed by atoms with Gasteiger partial charge in [-0.2, -0.15) is 26.3 Å². The smallest absolute Gasteiger partial charge is 0.374 e. The molecule has 2 amide bonds. The van der Waals surface area contributed by atoms with Gasteiger partial charge in [0.2, 0.25) is 11.8 Å². The van der Waals surface area contributed by atoms with E-state index in [0.29, 0.717) is 37.1 Å². The number of likely N-dealkylation sites (tertiary alicyclic amines) is 1. The van der Waals surface area contributed by atoms with Crippen molar-refractivity contribution in [3.8, 4) is 0 Å². The van der Waals surface area contributed by atoms with Crippen molar-refractivity contribution in [3.05, 3.63) is 70.8 Å². The van der Waals surface area contributed by atoms with Crippen molar-refractivity contribution < 1.29 is 40.7 Å². The van der Waals surface area contributed by atoms with E-state index in [0.717, 1.165) is 0 Å². The SMILES string of the molecule is O=C1N[C@](COCc2cc(C(F)(F)F)cc(C(F)(F)F)c2)(c2ccccc2)C[C@H]1N1CCCC1=O. The minimum atomic E-state index is -4.96. The molecule has 5 nitrogen and oxygen atoms in total. The quantitative estimate of drug-likeness (QED) is 0.588. The summed E-state index contributed by atoms with van der Waals surface area (Å²) in [7, 11) is 0. The van der Waals surface area contributed by atoms with Gasteiger partial charge in [-0.1, -0.05) is 30.3 Å². The molecule has 11 heteroatoms. The lowest BCUT2D eigenvalue weighted by molar-refractivity contribution is -0.143. The highest BCUT2D eigenvalue weighted by Crippen LogP contribution is 2.38. The number of alkyl halides is 6. The number of hydrogen-bond acceptors (Lipinski definition) is 3. The van der Waals surface area contributed by atoms with Crippen molar-refractivity contribution in [2.24, 2.45) is 0 Å². The first-order valence-electron chi connectivity index (χ1n) is 10.9. The Morgan fingerprint density at radius 2 is 1.60 bits per heavy atom. The molecule has 0 aromatic heterocycles. The number of carbonyl (C=O) groups excluding carboxylic acids is 2. The van der Waals surface area contributed by atoms with Crippen molar-refractivity contribution in [1.82, 2.24) is 10.2 Å². The zero-order chi connectivity index (χ0) is 25.4. The van der Waals surface area contributed by atoms with Crippen LogP contribution in [-0.4, -0.2) is 35.9 Å². The molecule has 188 valence electrons. The Morgan fingerprint density at radius 1 is 0.971 bits per heavy atom. The van der Waals surface area contributed by atoms with Gasteiger partial charge >= 0.3 is 12.4 Å². The molecule has 2 saturated heterocycles. The fourth-order valence-corrected chi connectivity index (χ4v) is 4.61. The number of nitrogens with one attached hydrogen (secondary N) is 1. The monoisotopic (exact) mass is 500 g/mol. The number of rotatable bonds is 6. The predicted molar refractivity (Wildman–Crippen MR) is 112 cm³/mol. The maximum atomic E-state index is 13.2. The Labute approximate surface area is 197 Å². The van der Waals surface area contributed by atoms with Gasteiger partial charge in [-0.3, -0.25) is 9.59 Å². The summed E-state index contributed by atoms with van der Waals surface area (Å²) in [6.07, 6.45) is -8.78. The van der Waals surface area contributed by atoms with Crippen molar-refractivity contribution in [2.75, 3.05) is 13.2 Å². The van der Waals surface area contributed by atoms with Crippen LogP contribution in [0.4, 0.5) is 26.3 Å². The van der Waals surface area contributed by atoms with E-state index in [9.17, 15) is 35.9 Å². The second-order valence-electron chi connectivity index (χ2n) is 8.75. The topological polar surface area (TPSA) is 58.6 Å². The summed E-state index contributed by atoms with van der Waals surface area (Å²) >= 11 is 0. The molecule has 2 aromatic rings. The van der Waals surface area contributed by atoms with Crippen LogP contribution in [0, 0.1) is 0 Å². The van der Waals surface area contributed by atoms with Gasteiger partial charge in [0.05, 0.1) is 29.9 Å². The van der Waals surface area contributed by atoms with E-state index in [2.05, 4.69) is 5.32 Å². The number of hydrogen-bond donors (Lipinski definition) is 1. The first-order chi connectivity index (χ1) is 16.4. The fourth-order valence-electron chi connectivity index (χ4n) is 4.61. The summed E-state index contributed by atoms with van der Waals surface area (Å²) in [5.41, 5.74) is -3.59. The molecule has 2 fully saturated rings. The molecule has 1 N–H and O–H groups in total. The zero-order valence-electron chi connectivity index (χ0n) is 18.4. The first-order valence-corrected chi connectivity index (χ1v) is 10.9. The summed E-state index contributed by atoms with van der Waals surface area (Å²) in [5.74, 6) is -0.523. The van der Waals surface area contributed by atoms with E-state index in [1.807, 2.05) is 0 Å². The van der Waals surface area contributed by atoms with E-state index in [-0.39, 0.29) is 36.5 Å². The highest BCUT2D eigenvalue weighted by atomic mass is 19.4. The molecule has 4 rings (SSSR count). The van der Waals surface area contributed by atoms with Gasteiger partial charge in [-0.05, 0) is 35.7 Å². The Balaban J connectivity index is 1.57.